The number of aromatic amines is 1. The number of aromatic nitrogens is 1. The van der Waals surface area contributed by atoms with Crippen LogP contribution in [-0.2, 0) is 0 Å². The van der Waals surface area contributed by atoms with Gasteiger partial charge in [0.2, 0.25) is 0 Å². The maximum atomic E-state index is 6.10. The van der Waals surface area contributed by atoms with E-state index < -0.39 is 0 Å². The highest BCUT2D eigenvalue weighted by molar-refractivity contribution is 6.38. The first-order chi connectivity index (χ1) is 7.11. The lowest BCUT2D eigenvalue weighted by molar-refractivity contribution is 0.638. The summed E-state index contributed by atoms with van der Waals surface area (Å²) in [7, 11) is 1.92. The molecule has 1 aromatic heterocycles. The minimum absolute atomic E-state index is 0.271. The Kier molecular flexibility index (Phi) is 2.91. The van der Waals surface area contributed by atoms with Gasteiger partial charge >= 0.3 is 0 Å². The predicted octanol–water partition coefficient (Wildman–Crippen LogP) is 3.76. The Morgan fingerprint density at radius 2 is 2.00 bits per heavy atom. The van der Waals surface area contributed by atoms with Gasteiger partial charge in [-0.3, -0.25) is 0 Å². The van der Waals surface area contributed by atoms with E-state index in [-0.39, 0.29) is 6.04 Å². The zero-order valence-electron chi connectivity index (χ0n) is 8.57. The Hall–Kier alpha value is -0.700. The van der Waals surface area contributed by atoms with Crippen LogP contribution in [0.1, 0.15) is 18.7 Å². The largest absolute Gasteiger partial charge is 0.357 e. The Morgan fingerprint density at radius 1 is 1.27 bits per heavy atom. The van der Waals surface area contributed by atoms with Gasteiger partial charge in [-0.1, -0.05) is 23.2 Å². The van der Waals surface area contributed by atoms with Crippen molar-refractivity contribution in [2.24, 2.45) is 0 Å². The van der Waals surface area contributed by atoms with E-state index in [2.05, 4.69) is 23.3 Å². The summed E-state index contributed by atoms with van der Waals surface area (Å²) < 4.78 is 0. The number of hydrogen-bond donors (Lipinski definition) is 2. The zero-order valence-corrected chi connectivity index (χ0v) is 10.1. The van der Waals surface area contributed by atoms with Crippen LogP contribution in [0.5, 0.6) is 0 Å². The van der Waals surface area contributed by atoms with Crippen molar-refractivity contribution in [3.63, 3.8) is 0 Å². The first-order valence-electron chi connectivity index (χ1n) is 4.76. The number of benzene rings is 1. The summed E-state index contributed by atoms with van der Waals surface area (Å²) in [6.07, 6.45) is 0. The summed E-state index contributed by atoms with van der Waals surface area (Å²) in [5, 5.41) is 5.52. The van der Waals surface area contributed by atoms with Crippen molar-refractivity contribution in [2.45, 2.75) is 13.0 Å². The van der Waals surface area contributed by atoms with Gasteiger partial charge in [0.15, 0.2) is 0 Å². The molecular formula is C11H12Cl2N2. The molecule has 0 fully saturated rings. The highest BCUT2D eigenvalue weighted by Crippen LogP contribution is 2.29. The lowest BCUT2D eigenvalue weighted by Crippen LogP contribution is -2.12. The van der Waals surface area contributed by atoms with E-state index in [0.717, 1.165) is 16.6 Å². The van der Waals surface area contributed by atoms with E-state index in [4.69, 9.17) is 23.2 Å². The Bertz CT molecular complexity index is 491. The highest BCUT2D eigenvalue weighted by Gasteiger charge is 2.09. The molecule has 0 aliphatic rings. The molecule has 15 heavy (non-hydrogen) atoms. The van der Waals surface area contributed by atoms with Crippen molar-refractivity contribution in [1.82, 2.24) is 10.3 Å². The van der Waals surface area contributed by atoms with Crippen LogP contribution in [0.3, 0.4) is 0 Å². The van der Waals surface area contributed by atoms with Gasteiger partial charge in [0.05, 0.1) is 5.02 Å². The van der Waals surface area contributed by atoms with Crippen LogP contribution in [0, 0.1) is 0 Å². The summed E-state index contributed by atoms with van der Waals surface area (Å²) in [5.41, 5.74) is 2.08. The highest BCUT2D eigenvalue weighted by atomic mass is 35.5. The maximum absolute atomic E-state index is 6.10. The summed E-state index contributed by atoms with van der Waals surface area (Å²) in [6, 6.07) is 5.96. The van der Waals surface area contributed by atoms with Crippen LogP contribution in [0.15, 0.2) is 18.2 Å². The molecule has 4 heteroatoms. The van der Waals surface area contributed by atoms with Crippen LogP contribution in [0.25, 0.3) is 10.9 Å². The molecule has 0 amide bonds. The van der Waals surface area contributed by atoms with Crippen molar-refractivity contribution in [2.75, 3.05) is 7.05 Å². The molecule has 1 aromatic carbocycles. The maximum Gasteiger partial charge on any atom is 0.0514 e. The number of halogens is 2. The van der Waals surface area contributed by atoms with Gasteiger partial charge in [0.25, 0.3) is 0 Å². The topological polar surface area (TPSA) is 27.8 Å². The number of rotatable bonds is 2. The van der Waals surface area contributed by atoms with Gasteiger partial charge in [-0.2, -0.15) is 0 Å². The van der Waals surface area contributed by atoms with Crippen LogP contribution in [0.4, 0.5) is 0 Å². The van der Waals surface area contributed by atoms with E-state index in [1.807, 2.05) is 13.1 Å². The molecule has 0 aliphatic carbocycles. The molecule has 0 radical (unpaired) electrons. The van der Waals surface area contributed by atoms with Crippen molar-refractivity contribution < 1.29 is 0 Å². The second kappa shape index (κ2) is 4.05. The molecular weight excluding hydrogens is 231 g/mol. The number of fused-ring (bicyclic) bond motifs is 1. The zero-order chi connectivity index (χ0) is 11.0. The first kappa shape index (κ1) is 10.8. The number of hydrogen-bond acceptors (Lipinski definition) is 1. The fourth-order valence-electron chi connectivity index (χ4n) is 1.57. The van der Waals surface area contributed by atoms with Crippen molar-refractivity contribution >= 4 is 34.1 Å². The predicted molar refractivity (Wildman–Crippen MR) is 65.8 cm³/mol. The third-order valence-electron chi connectivity index (χ3n) is 2.57. The molecule has 2 nitrogen and oxygen atoms in total. The van der Waals surface area contributed by atoms with E-state index in [0.29, 0.717) is 10.0 Å². The standard InChI is InChI=1S/C11H12Cl2N2/c1-6(14-2)10-5-8-9(13)3-7(12)4-11(8)15-10/h3-6,14-15H,1-2H3. The fourth-order valence-corrected chi connectivity index (χ4v) is 2.12. The van der Waals surface area contributed by atoms with Crippen LogP contribution in [0.2, 0.25) is 10.0 Å². The molecule has 2 N–H and O–H groups in total. The molecule has 0 spiro atoms. The van der Waals surface area contributed by atoms with Gasteiger partial charge in [-0.15, -0.1) is 0 Å². The van der Waals surface area contributed by atoms with E-state index in [1.54, 1.807) is 6.07 Å². The average Bonchev–Trinajstić information content (AvgIpc) is 2.60. The fraction of sp³-hybridized carbons (Fsp3) is 0.273. The molecule has 2 rings (SSSR count). The molecule has 0 bridgehead atoms. The second-order valence-corrected chi connectivity index (χ2v) is 4.43. The smallest absolute Gasteiger partial charge is 0.0514 e. The lowest BCUT2D eigenvalue weighted by atomic mass is 10.2. The van der Waals surface area contributed by atoms with Gasteiger partial charge in [0.1, 0.15) is 0 Å². The molecule has 2 aromatic rings. The summed E-state index contributed by atoms with van der Waals surface area (Å²) in [4.78, 5) is 3.30. The van der Waals surface area contributed by atoms with E-state index >= 15 is 0 Å². The number of nitrogens with one attached hydrogen (secondary N) is 2. The van der Waals surface area contributed by atoms with E-state index in [1.165, 1.54) is 0 Å². The quantitative estimate of drug-likeness (QED) is 0.825. The lowest BCUT2D eigenvalue weighted by Gasteiger charge is -2.06. The normalized spacial score (nSPS) is 13.3. The first-order valence-corrected chi connectivity index (χ1v) is 5.52. The minimum Gasteiger partial charge on any atom is -0.357 e. The van der Waals surface area contributed by atoms with E-state index in [9.17, 15) is 0 Å². The van der Waals surface area contributed by atoms with Crippen molar-refractivity contribution in [3.8, 4) is 0 Å². The molecule has 1 unspecified atom stereocenters. The minimum atomic E-state index is 0.271. The Labute approximate surface area is 98.6 Å². The average molecular weight is 243 g/mol. The van der Waals surface area contributed by atoms with Crippen LogP contribution >= 0.6 is 23.2 Å². The van der Waals surface area contributed by atoms with Crippen molar-refractivity contribution in [1.29, 1.82) is 0 Å². The third-order valence-corrected chi connectivity index (χ3v) is 3.10. The SMILES string of the molecule is CNC(C)c1cc2c(Cl)cc(Cl)cc2[nH]1. The second-order valence-electron chi connectivity index (χ2n) is 3.58. The Balaban J connectivity index is 2.60. The molecule has 0 saturated heterocycles. The van der Waals surface area contributed by atoms with Gasteiger partial charge in [-0.05, 0) is 32.2 Å². The van der Waals surface area contributed by atoms with Crippen LogP contribution < -0.4 is 5.32 Å². The molecule has 1 heterocycles. The molecule has 1 atom stereocenters. The summed E-state index contributed by atoms with van der Waals surface area (Å²) >= 11 is 12.0. The summed E-state index contributed by atoms with van der Waals surface area (Å²) in [6.45, 7) is 2.08. The van der Waals surface area contributed by atoms with Gasteiger partial charge in [-0.25, -0.2) is 0 Å². The van der Waals surface area contributed by atoms with Crippen molar-refractivity contribution in [3.05, 3.63) is 33.9 Å². The molecule has 80 valence electrons. The Morgan fingerprint density at radius 3 is 2.67 bits per heavy atom. The van der Waals surface area contributed by atoms with Crippen LogP contribution in [-0.4, -0.2) is 12.0 Å². The third kappa shape index (κ3) is 1.98. The monoisotopic (exact) mass is 242 g/mol. The van der Waals surface area contributed by atoms with Gasteiger partial charge in [0, 0.05) is 27.7 Å². The summed E-state index contributed by atoms with van der Waals surface area (Å²) in [5.74, 6) is 0. The number of H-pyrrole nitrogens is 1. The molecule has 0 saturated carbocycles. The molecule has 0 aliphatic heterocycles. The van der Waals surface area contributed by atoms with Gasteiger partial charge < -0.3 is 10.3 Å².